The number of methoxy groups -OCH3 is 2. The average Bonchev–Trinajstić information content (AvgIpc) is 3.83. The summed E-state index contributed by atoms with van der Waals surface area (Å²) in [4.78, 5) is 44.3. The second kappa shape index (κ2) is 20.9. The summed E-state index contributed by atoms with van der Waals surface area (Å²) in [5, 5.41) is 21.1. The molecule has 5 N–H and O–H groups in total. The molecule has 71 heavy (non-hydrogen) atoms. The molecule has 0 saturated carbocycles. The van der Waals surface area contributed by atoms with Gasteiger partial charge < -0.3 is 41.0 Å². The molecule has 0 radical (unpaired) electrons. The largest absolute Gasteiger partial charge is 0.495 e. The van der Waals surface area contributed by atoms with Crippen LogP contribution >= 0.6 is 11.6 Å². The maximum atomic E-state index is 11.8. The Morgan fingerprint density at radius 1 is 0.634 bits per heavy atom. The highest BCUT2D eigenvalue weighted by atomic mass is 35.5. The number of anilines is 7. The number of hydrogen-bond acceptors (Lipinski definition) is 14. The fraction of sp³-hybridized carbons (Fsp3) is 0.308. The summed E-state index contributed by atoms with van der Waals surface area (Å²) in [6.07, 6.45) is 5.13. The number of benzene rings is 4. The highest BCUT2D eigenvalue weighted by molar-refractivity contribution is 6.28. The summed E-state index contributed by atoms with van der Waals surface area (Å²) < 4.78 is 14.3. The van der Waals surface area contributed by atoms with Crippen molar-refractivity contribution in [3.05, 3.63) is 123 Å². The van der Waals surface area contributed by atoms with Crippen LogP contribution in [0.25, 0.3) is 22.1 Å². The van der Waals surface area contributed by atoms with Gasteiger partial charge in [0.1, 0.15) is 11.5 Å². The monoisotopic (exact) mass is 978 g/mol. The van der Waals surface area contributed by atoms with Gasteiger partial charge in [0.15, 0.2) is 22.9 Å². The Hall–Kier alpha value is -7.99. The van der Waals surface area contributed by atoms with Crippen LogP contribution in [0.4, 0.5) is 40.3 Å². The van der Waals surface area contributed by atoms with Crippen LogP contribution in [0.5, 0.6) is 11.5 Å². The van der Waals surface area contributed by atoms with Crippen LogP contribution in [-0.2, 0) is 49.6 Å². The highest BCUT2D eigenvalue weighted by Crippen LogP contribution is 2.35. The van der Waals surface area contributed by atoms with Gasteiger partial charge in [-0.05, 0) is 121 Å². The van der Waals surface area contributed by atoms with Crippen molar-refractivity contribution in [1.29, 1.82) is 0 Å². The number of carbonyl (C=O) groups excluding carboxylic acids is 2. The fourth-order valence-corrected chi connectivity index (χ4v) is 8.98. The van der Waals surface area contributed by atoms with Crippen molar-refractivity contribution in [2.75, 3.05) is 49.0 Å². The van der Waals surface area contributed by atoms with Crippen LogP contribution in [0.3, 0.4) is 0 Å². The van der Waals surface area contributed by atoms with Crippen molar-refractivity contribution in [2.45, 2.75) is 67.5 Å². The first-order valence-corrected chi connectivity index (χ1v) is 23.5. The highest BCUT2D eigenvalue weighted by Gasteiger charge is 2.23. The normalized spacial score (nSPS) is 12.8. The summed E-state index contributed by atoms with van der Waals surface area (Å²) >= 11 is 5.83. The number of aryl methyl sites for hydroxylation is 6. The maximum absolute atomic E-state index is 11.8. The fourth-order valence-electron chi connectivity index (χ4n) is 8.85. The van der Waals surface area contributed by atoms with E-state index in [2.05, 4.69) is 99.1 Å². The molecule has 0 atom stereocenters. The van der Waals surface area contributed by atoms with E-state index in [1.54, 1.807) is 49.8 Å². The average molecular weight is 980 g/mol. The Bertz CT molecular complexity index is 3270. The summed E-state index contributed by atoms with van der Waals surface area (Å²) in [5.74, 6) is 3.47. The molecule has 8 aromatic rings. The molecule has 4 aromatic carbocycles. The number of hydrogen-bond donors (Lipinski definition) is 4. The van der Waals surface area contributed by atoms with Gasteiger partial charge in [0.2, 0.25) is 23.0 Å². The second-order valence-corrected chi connectivity index (χ2v) is 18.1. The van der Waals surface area contributed by atoms with E-state index in [-0.39, 0.29) is 17.1 Å². The SMILES string of the molecule is COc1cc2c(cc1N)CCN(C(C)=O)C2.COc1cc2c(cc1Nc1ncc3c(Nc4c(C)cccc4C)nn(C)c3n1)CCN(C(C)=O)C2.Cc1cccc(C)c1Nc1nn(C)c2nc(Cl)ncc12. The predicted molar refractivity (Wildman–Crippen MR) is 279 cm³/mol. The lowest BCUT2D eigenvalue weighted by molar-refractivity contribution is -0.130. The van der Waals surface area contributed by atoms with Crippen LogP contribution in [0, 0.1) is 27.7 Å². The number of aromatic nitrogens is 8. The zero-order chi connectivity index (χ0) is 50.7. The molecule has 10 rings (SSSR count). The van der Waals surface area contributed by atoms with E-state index < -0.39 is 0 Å². The molecular formula is C52H59ClN14O4. The molecule has 0 saturated heterocycles. The molecule has 2 aliphatic rings. The van der Waals surface area contributed by atoms with Gasteiger partial charge >= 0.3 is 0 Å². The number of nitrogens with zero attached hydrogens (tertiary/aromatic N) is 10. The minimum atomic E-state index is 0.0844. The molecule has 2 aliphatic heterocycles. The minimum absolute atomic E-state index is 0.0844. The third kappa shape index (κ3) is 10.8. The van der Waals surface area contributed by atoms with E-state index in [0.29, 0.717) is 59.9 Å². The Kier molecular flexibility index (Phi) is 14.6. The van der Waals surface area contributed by atoms with E-state index in [0.717, 1.165) is 75.3 Å². The molecule has 0 unspecified atom stereocenters. The van der Waals surface area contributed by atoms with Crippen LogP contribution in [0.15, 0.2) is 73.1 Å². The summed E-state index contributed by atoms with van der Waals surface area (Å²) in [7, 11) is 6.94. The third-order valence-electron chi connectivity index (χ3n) is 12.8. The minimum Gasteiger partial charge on any atom is -0.495 e. The molecule has 0 bridgehead atoms. The molecule has 2 amide bonds. The van der Waals surface area contributed by atoms with Gasteiger partial charge in [0.05, 0.1) is 36.4 Å². The number of nitrogens with two attached hydrogens (primary N) is 1. The zero-order valence-corrected chi connectivity index (χ0v) is 42.5. The van der Waals surface area contributed by atoms with E-state index in [1.165, 1.54) is 22.3 Å². The molecule has 19 heteroatoms. The van der Waals surface area contributed by atoms with Crippen molar-refractivity contribution < 1.29 is 19.1 Å². The molecule has 18 nitrogen and oxygen atoms in total. The topological polar surface area (TPSA) is 208 Å². The van der Waals surface area contributed by atoms with Crippen molar-refractivity contribution in [2.24, 2.45) is 14.1 Å². The number of para-hydroxylation sites is 2. The van der Waals surface area contributed by atoms with E-state index in [9.17, 15) is 9.59 Å². The van der Waals surface area contributed by atoms with E-state index in [4.69, 9.17) is 31.8 Å². The summed E-state index contributed by atoms with van der Waals surface area (Å²) in [6, 6.07) is 20.3. The number of rotatable bonds is 8. The van der Waals surface area contributed by atoms with Crippen molar-refractivity contribution >= 4 is 85.8 Å². The lowest BCUT2D eigenvalue weighted by atomic mass is 9.98. The molecular weight excluding hydrogens is 920 g/mol. The molecule has 0 spiro atoms. The number of amides is 2. The first-order valence-electron chi connectivity index (χ1n) is 23.2. The lowest BCUT2D eigenvalue weighted by Gasteiger charge is -2.29. The van der Waals surface area contributed by atoms with Crippen LogP contribution in [0.1, 0.15) is 58.4 Å². The Balaban J connectivity index is 0.000000158. The first kappa shape index (κ1) is 49.4. The van der Waals surface area contributed by atoms with Gasteiger partial charge in [-0.3, -0.25) is 9.59 Å². The van der Waals surface area contributed by atoms with Crippen LogP contribution < -0.4 is 31.2 Å². The standard InChI is InChI=1S/C26H29N7O2.C14H14ClN5.C12H16N2O2/c1-15-7-6-8-16(2)23(15)29-24-20-13-27-26(30-25(20)32(4)31-24)28-21-11-18-9-10-33(17(3)34)14-19(18)12-22(21)35-5;1-8-5-4-6-9(2)11(8)17-12-10-7-16-14(15)18-13(10)20(3)19-12;1-8(15)14-4-3-9-5-11(13)12(16-2)6-10(9)7-14/h6-8,11-13H,9-10,14H2,1-5H3,(H,29,31)(H,27,28,30);4-7H,1-3H3,(H,17,19);5-6H,3-4,7,13H2,1-2H3. The van der Waals surface area contributed by atoms with E-state index >= 15 is 0 Å². The smallest absolute Gasteiger partial charge is 0.229 e. The zero-order valence-electron chi connectivity index (χ0n) is 41.7. The molecule has 4 aromatic heterocycles. The first-order chi connectivity index (χ1) is 34.0. The van der Waals surface area contributed by atoms with Crippen molar-refractivity contribution in [3.8, 4) is 11.5 Å². The number of carbonyl (C=O) groups is 2. The van der Waals surface area contributed by atoms with Gasteiger partial charge in [0.25, 0.3) is 0 Å². The summed E-state index contributed by atoms with van der Waals surface area (Å²) in [6.45, 7) is 14.2. The van der Waals surface area contributed by atoms with Gasteiger partial charge in [-0.15, -0.1) is 0 Å². The molecule has 368 valence electrons. The lowest BCUT2D eigenvalue weighted by Crippen LogP contribution is -2.34. The van der Waals surface area contributed by atoms with Gasteiger partial charge in [-0.2, -0.15) is 20.2 Å². The number of fused-ring (bicyclic) bond motifs is 4. The van der Waals surface area contributed by atoms with Gasteiger partial charge in [0, 0.05) is 77.9 Å². The van der Waals surface area contributed by atoms with E-state index in [1.807, 2.05) is 54.2 Å². The van der Waals surface area contributed by atoms with Gasteiger partial charge in [-0.25, -0.2) is 19.3 Å². The number of halogens is 1. The van der Waals surface area contributed by atoms with Gasteiger partial charge in [-0.1, -0.05) is 36.4 Å². The Labute approximate surface area is 417 Å². The molecule has 0 aliphatic carbocycles. The van der Waals surface area contributed by atoms with Crippen molar-refractivity contribution in [1.82, 2.24) is 49.3 Å². The summed E-state index contributed by atoms with van der Waals surface area (Å²) in [5.41, 5.74) is 20.1. The van der Waals surface area contributed by atoms with Crippen LogP contribution in [-0.4, -0.2) is 88.4 Å². The second-order valence-electron chi connectivity index (χ2n) is 17.7. The predicted octanol–water partition coefficient (Wildman–Crippen LogP) is 8.94. The number of nitrogen functional groups attached to an aromatic ring is 1. The molecule has 0 fully saturated rings. The number of ether oxygens (including phenoxy) is 2. The third-order valence-corrected chi connectivity index (χ3v) is 13.0. The number of nitrogens with one attached hydrogen (secondary N) is 3. The Morgan fingerprint density at radius 2 is 1.10 bits per heavy atom. The Morgan fingerprint density at radius 3 is 1.59 bits per heavy atom. The quantitative estimate of drug-likeness (QED) is 0.0828. The van der Waals surface area contributed by atoms with Crippen LogP contribution in [0.2, 0.25) is 5.28 Å². The molecule has 6 heterocycles. The van der Waals surface area contributed by atoms with Crippen molar-refractivity contribution in [3.63, 3.8) is 0 Å². The maximum Gasteiger partial charge on any atom is 0.229 e.